The Kier molecular flexibility index (Phi) is 4.81. The minimum Gasteiger partial charge on any atom is -0.384 e. The maximum atomic E-state index is 3.43. The molecule has 0 amide bonds. The molecule has 0 atom stereocenters. The predicted octanol–water partition coefficient (Wildman–Crippen LogP) is 3.22. The van der Waals surface area contributed by atoms with Crippen molar-refractivity contribution in [2.75, 3.05) is 25.5 Å². The minimum absolute atomic E-state index is 0.290. The Bertz CT molecular complexity index is 293. The van der Waals surface area contributed by atoms with Gasteiger partial charge in [0.1, 0.15) is 0 Å². The standard InChI is InChI=1S/C14H24N2/c1-5-14(2,3)16(4)12-11-15-13-9-7-6-8-10-13/h6-10,15H,5,11-12H2,1-4H3. The number of para-hydroxylation sites is 1. The van der Waals surface area contributed by atoms with Gasteiger partial charge in [-0.2, -0.15) is 0 Å². The van der Waals surface area contributed by atoms with Crippen LogP contribution in [0.3, 0.4) is 0 Å². The number of nitrogens with one attached hydrogen (secondary N) is 1. The molecule has 0 aliphatic carbocycles. The van der Waals surface area contributed by atoms with Gasteiger partial charge in [0.25, 0.3) is 0 Å². The van der Waals surface area contributed by atoms with Gasteiger partial charge in [0.2, 0.25) is 0 Å². The molecule has 0 saturated carbocycles. The summed E-state index contributed by atoms with van der Waals surface area (Å²) in [6.07, 6.45) is 1.18. The zero-order chi connectivity index (χ0) is 12.0. The summed E-state index contributed by atoms with van der Waals surface area (Å²) in [6.45, 7) is 8.87. The SMILES string of the molecule is CCC(C)(C)N(C)CCNc1ccccc1. The highest BCUT2D eigenvalue weighted by molar-refractivity contribution is 5.42. The smallest absolute Gasteiger partial charge is 0.0340 e. The fourth-order valence-electron chi connectivity index (χ4n) is 1.50. The molecule has 2 heteroatoms. The van der Waals surface area contributed by atoms with E-state index in [9.17, 15) is 0 Å². The van der Waals surface area contributed by atoms with Crippen LogP contribution in [-0.4, -0.2) is 30.6 Å². The predicted molar refractivity (Wildman–Crippen MR) is 71.9 cm³/mol. The van der Waals surface area contributed by atoms with Crippen LogP contribution in [0.1, 0.15) is 27.2 Å². The molecule has 0 aliphatic heterocycles. The second kappa shape index (κ2) is 5.90. The Balaban J connectivity index is 2.31. The van der Waals surface area contributed by atoms with Crippen molar-refractivity contribution >= 4 is 5.69 Å². The molecule has 0 heterocycles. The van der Waals surface area contributed by atoms with Crippen molar-refractivity contribution in [2.24, 2.45) is 0 Å². The summed E-state index contributed by atoms with van der Waals surface area (Å²) in [5.41, 5.74) is 1.49. The molecule has 1 rings (SSSR count). The Labute approximate surface area is 99.7 Å². The second-order valence-corrected chi connectivity index (χ2v) is 4.88. The third-order valence-electron chi connectivity index (χ3n) is 3.45. The largest absolute Gasteiger partial charge is 0.384 e. The fraction of sp³-hybridized carbons (Fsp3) is 0.571. The van der Waals surface area contributed by atoms with Gasteiger partial charge in [-0.3, -0.25) is 4.90 Å². The molecular weight excluding hydrogens is 196 g/mol. The molecule has 0 spiro atoms. The van der Waals surface area contributed by atoms with Crippen LogP contribution < -0.4 is 5.32 Å². The van der Waals surface area contributed by atoms with Gasteiger partial charge in [0, 0.05) is 24.3 Å². The lowest BCUT2D eigenvalue weighted by Crippen LogP contribution is -2.42. The van der Waals surface area contributed by atoms with E-state index >= 15 is 0 Å². The summed E-state index contributed by atoms with van der Waals surface area (Å²) in [4.78, 5) is 2.41. The van der Waals surface area contributed by atoms with E-state index < -0.39 is 0 Å². The van der Waals surface area contributed by atoms with E-state index in [1.807, 2.05) is 6.07 Å². The van der Waals surface area contributed by atoms with E-state index in [-0.39, 0.29) is 0 Å². The van der Waals surface area contributed by atoms with Gasteiger partial charge < -0.3 is 5.32 Å². The molecule has 16 heavy (non-hydrogen) atoms. The van der Waals surface area contributed by atoms with Gasteiger partial charge in [-0.25, -0.2) is 0 Å². The van der Waals surface area contributed by atoms with Gasteiger partial charge >= 0.3 is 0 Å². The van der Waals surface area contributed by atoms with Crippen molar-refractivity contribution in [3.63, 3.8) is 0 Å². The molecule has 2 nitrogen and oxygen atoms in total. The van der Waals surface area contributed by atoms with E-state index in [2.05, 4.69) is 62.3 Å². The number of rotatable bonds is 6. The Morgan fingerprint density at radius 1 is 1.19 bits per heavy atom. The summed E-state index contributed by atoms with van der Waals surface area (Å²) in [7, 11) is 2.19. The molecule has 0 saturated heterocycles. The summed E-state index contributed by atoms with van der Waals surface area (Å²) in [5, 5.41) is 3.43. The highest BCUT2D eigenvalue weighted by Crippen LogP contribution is 2.15. The number of anilines is 1. The second-order valence-electron chi connectivity index (χ2n) is 4.88. The highest BCUT2D eigenvalue weighted by atomic mass is 15.2. The van der Waals surface area contributed by atoms with Crippen molar-refractivity contribution in [2.45, 2.75) is 32.7 Å². The summed E-state index contributed by atoms with van der Waals surface area (Å²) >= 11 is 0. The number of hydrogen-bond donors (Lipinski definition) is 1. The zero-order valence-corrected chi connectivity index (χ0v) is 11.0. The van der Waals surface area contributed by atoms with Gasteiger partial charge in [-0.15, -0.1) is 0 Å². The van der Waals surface area contributed by atoms with E-state index in [1.54, 1.807) is 0 Å². The molecule has 0 aromatic heterocycles. The van der Waals surface area contributed by atoms with Gasteiger partial charge in [-0.05, 0) is 39.4 Å². The van der Waals surface area contributed by atoms with Gasteiger partial charge in [0.05, 0.1) is 0 Å². The summed E-state index contributed by atoms with van der Waals surface area (Å²) in [6, 6.07) is 10.4. The normalized spacial score (nSPS) is 11.8. The molecule has 0 radical (unpaired) electrons. The monoisotopic (exact) mass is 220 g/mol. The summed E-state index contributed by atoms with van der Waals surface area (Å²) in [5.74, 6) is 0. The van der Waals surface area contributed by atoms with Crippen LogP contribution in [0.4, 0.5) is 5.69 Å². The van der Waals surface area contributed by atoms with Crippen LogP contribution in [0.5, 0.6) is 0 Å². The van der Waals surface area contributed by atoms with E-state index in [4.69, 9.17) is 0 Å². The molecule has 0 bridgehead atoms. The van der Waals surface area contributed by atoms with Crippen LogP contribution in [0.2, 0.25) is 0 Å². The molecule has 1 aromatic carbocycles. The Morgan fingerprint density at radius 3 is 2.38 bits per heavy atom. The number of likely N-dealkylation sites (N-methyl/N-ethyl adjacent to an activating group) is 1. The van der Waals surface area contributed by atoms with E-state index in [0.717, 1.165) is 13.1 Å². The molecule has 90 valence electrons. The van der Waals surface area contributed by atoms with Crippen molar-refractivity contribution in [1.29, 1.82) is 0 Å². The first-order valence-corrected chi connectivity index (χ1v) is 6.06. The average Bonchev–Trinajstić information content (AvgIpc) is 2.30. The third kappa shape index (κ3) is 3.86. The van der Waals surface area contributed by atoms with E-state index in [1.165, 1.54) is 12.1 Å². The molecule has 1 aromatic rings. The Morgan fingerprint density at radius 2 is 1.81 bits per heavy atom. The molecule has 0 unspecified atom stereocenters. The Hall–Kier alpha value is -1.02. The van der Waals surface area contributed by atoms with Crippen LogP contribution >= 0.6 is 0 Å². The number of benzene rings is 1. The lowest BCUT2D eigenvalue weighted by Gasteiger charge is -2.34. The molecule has 1 N–H and O–H groups in total. The van der Waals surface area contributed by atoms with Crippen molar-refractivity contribution in [1.82, 2.24) is 4.90 Å². The first-order chi connectivity index (χ1) is 7.56. The number of hydrogen-bond acceptors (Lipinski definition) is 2. The minimum atomic E-state index is 0.290. The van der Waals surface area contributed by atoms with Gasteiger partial charge in [-0.1, -0.05) is 25.1 Å². The van der Waals surface area contributed by atoms with Crippen LogP contribution in [0, 0.1) is 0 Å². The average molecular weight is 220 g/mol. The third-order valence-corrected chi connectivity index (χ3v) is 3.45. The number of nitrogens with zero attached hydrogens (tertiary/aromatic N) is 1. The molecule has 0 aliphatic rings. The fourth-order valence-corrected chi connectivity index (χ4v) is 1.50. The highest BCUT2D eigenvalue weighted by Gasteiger charge is 2.19. The zero-order valence-electron chi connectivity index (χ0n) is 11.0. The quantitative estimate of drug-likeness (QED) is 0.792. The van der Waals surface area contributed by atoms with Crippen LogP contribution in [0.15, 0.2) is 30.3 Å². The van der Waals surface area contributed by atoms with Crippen LogP contribution in [-0.2, 0) is 0 Å². The summed E-state index contributed by atoms with van der Waals surface area (Å²) < 4.78 is 0. The van der Waals surface area contributed by atoms with Gasteiger partial charge in [0.15, 0.2) is 0 Å². The van der Waals surface area contributed by atoms with Crippen LogP contribution in [0.25, 0.3) is 0 Å². The molecular formula is C14H24N2. The van der Waals surface area contributed by atoms with Crippen molar-refractivity contribution < 1.29 is 0 Å². The molecule has 0 fully saturated rings. The first kappa shape index (κ1) is 13.0. The van der Waals surface area contributed by atoms with E-state index in [0.29, 0.717) is 5.54 Å². The maximum Gasteiger partial charge on any atom is 0.0340 e. The lowest BCUT2D eigenvalue weighted by atomic mass is 10.0. The topological polar surface area (TPSA) is 15.3 Å². The first-order valence-electron chi connectivity index (χ1n) is 6.06. The lowest BCUT2D eigenvalue weighted by molar-refractivity contribution is 0.157. The van der Waals surface area contributed by atoms with Crippen molar-refractivity contribution in [3.8, 4) is 0 Å². The maximum absolute atomic E-state index is 3.43. The van der Waals surface area contributed by atoms with Crippen molar-refractivity contribution in [3.05, 3.63) is 30.3 Å².